The fourth-order valence-electron chi connectivity index (χ4n) is 1.99. The van der Waals surface area contributed by atoms with Gasteiger partial charge in [0.2, 0.25) is 0 Å². The smallest absolute Gasteiger partial charge is 0.131 e. The summed E-state index contributed by atoms with van der Waals surface area (Å²) in [6.07, 6.45) is 3.08. The van der Waals surface area contributed by atoms with E-state index < -0.39 is 0 Å². The Kier molecular flexibility index (Phi) is 5.56. The number of rotatable bonds is 7. The van der Waals surface area contributed by atoms with Gasteiger partial charge in [-0.25, -0.2) is 4.98 Å². The summed E-state index contributed by atoms with van der Waals surface area (Å²) in [6.45, 7) is 4.72. The van der Waals surface area contributed by atoms with Crippen LogP contribution in [0.2, 0.25) is 0 Å². The number of aryl methyl sites for hydroxylation is 1. The van der Waals surface area contributed by atoms with E-state index in [1.54, 1.807) is 11.3 Å². The van der Waals surface area contributed by atoms with Gasteiger partial charge in [0.15, 0.2) is 0 Å². The SMILES string of the molecule is CCCc1nc(COc2ccc(CC(C)N)cc2)cs1. The van der Waals surface area contributed by atoms with Gasteiger partial charge in [-0.2, -0.15) is 0 Å². The van der Waals surface area contributed by atoms with Crippen molar-refractivity contribution in [1.82, 2.24) is 4.98 Å². The molecule has 1 aromatic heterocycles. The van der Waals surface area contributed by atoms with E-state index in [1.807, 2.05) is 19.1 Å². The van der Waals surface area contributed by atoms with Crippen LogP contribution in [0.3, 0.4) is 0 Å². The van der Waals surface area contributed by atoms with Gasteiger partial charge >= 0.3 is 0 Å². The predicted molar refractivity (Wildman–Crippen MR) is 84.2 cm³/mol. The van der Waals surface area contributed by atoms with E-state index in [-0.39, 0.29) is 6.04 Å². The van der Waals surface area contributed by atoms with Gasteiger partial charge in [-0.1, -0.05) is 19.1 Å². The molecular weight excluding hydrogens is 268 g/mol. The molecule has 0 saturated carbocycles. The van der Waals surface area contributed by atoms with E-state index in [1.165, 1.54) is 10.6 Å². The Morgan fingerprint density at radius 2 is 2.05 bits per heavy atom. The van der Waals surface area contributed by atoms with Gasteiger partial charge in [0.1, 0.15) is 12.4 Å². The summed E-state index contributed by atoms with van der Waals surface area (Å²) in [6, 6.07) is 8.33. The molecule has 1 heterocycles. The van der Waals surface area contributed by atoms with Crippen molar-refractivity contribution < 1.29 is 4.74 Å². The third-order valence-electron chi connectivity index (χ3n) is 2.93. The summed E-state index contributed by atoms with van der Waals surface area (Å²) >= 11 is 1.71. The molecule has 0 aliphatic heterocycles. The van der Waals surface area contributed by atoms with Crippen LogP contribution in [-0.2, 0) is 19.4 Å². The molecule has 0 aliphatic rings. The maximum absolute atomic E-state index is 5.79. The van der Waals surface area contributed by atoms with Crippen LogP contribution in [0.5, 0.6) is 5.75 Å². The highest BCUT2D eigenvalue weighted by atomic mass is 32.1. The normalized spacial score (nSPS) is 12.3. The maximum atomic E-state index is 5.79. The monoisotopic (exact) mass is 290 g/mol. The van der Waals surface area contributed by atoms with Crippen molar-refractivity contribution in [1.29, 1.82) is 0 Å². The minimum Gasteiger partial charge on any atom is -0.487 e. The van der Waals surface area contributed by atoms with Gasteiger partial charge in [0, 0.05) is 11.4 Å². The predicted octanol–water partition coefficient (Wildman–Crippen LogP) is 3.56. The second kappa shape index (κ2) is 7.41. The summed E-state index contributed by atoms with van der Waals surface area (Å²) in [5.41, 5.74) is 8.04. The lowest BCUT2D eigenvalue weighted by Crippen LogP contribution is -2.17. The van der Waals surface area contributed by atoms with Crippen LogP contribution in [-0.4, -0.2) is 11.0 Å². The average molecular weight is 290 g/mol. The summed E-state index contributed by atoms with van der Waals surface area (Å²) in [5, 5.41) is 3.27. The molecule has 0 spiro atoms. The molecule has 1 atom stereocenters. The molecule has 1 unspecified atom stereocenters. The summed E-state index contributed by atoms with van der Waals surface area (Å²) in [7, 11) is 0. The Morgan fingerprint density at radius 1 is 1.30 bits per heavy atom. The van der Waals surface area contributed by atoms with Crippen molar-refractivity contribution >= 4 is 11.3 Å². The van der Waals surface area contributed by atoms with Crippen molar-refractivity contribution in [2.45, 2.75) is 45.8 Å². The molecule has 108 valence electrons. The highest BCUT2D eigenvalue weighted by Gasteiger charge is 2.03. The zero-order valence-electron chi connectivity index (χ0n) is 12.1. The van der Waals surface area contributed by atoms with Gasteiger partial charge in [0.05, 0.1) is 10.7 Å². The number of hydrogen-bond donors (Lipinski definition) is 1. The molecule has 0 radical (unpaired) electrons. The van der Waals surface area contributed by atoms with Crippen LogP contribution in [0.25, 0.3) is 0 Å². The maximum Gasteiger partial charge on any atom is 0.131 e. The second-order valence-corrected chi connectivity index (χ2v) is 6.04. The number of hydrogen-bond acceptors (Lipinski definition) is 4. The molecule has 0 saturated heterocycles. The largest absolute Gasteiger partial charge is 0.487 e. The summed E-state index contributed by atoms with van der Waals surface area (Å²) in [4.78, 5) is 4.55. The first kappa shape index (κ1) is 15.0. The fourth-order valence-corrected chi connectivity index (χ4v) is 2.88. The lowest BCUT2D eigenvalue weighted by atomic mass is 10.1. The van der Waals surface area contributed by atoms with Gasteiger partial charge in [-0.15, -0.1) is 11.3 Å². The fraction of sp³-hybridized carbons (Fsp3) is 0.438. The van der Waals surface area contributed by atoms with Gasteiger partial charge < -0.3 is 10.5 Å². The third kappa shape index (κ3) is 4.62. The Bertz CT molecular complexity index is 520. The molecule has 20 heavy (non-hydrogen) atoms. The molecule has 2 aromatic rings. The number of nitrogens with two attached hydrogens (primary N) is 1. The zero-order valence-corrected chi connectivity index (χ0v) is 13.0. The quantitative estimate of drug-likeness (QED) is 0.848. The van der Waals surface area contributed by atoms with Crippen LogP contribution in [0, 0.1) is 0 Å². The first-order valence-corrected chi connectivity index (χ1v) is 7.96. The van der Waals surface area contributed by atoms with E-state index in [0.717, 1.165) is 30.7 Å². The van der Waals surface area contributed by atoms with Crippen molar-refractivity contribution in [2.24, 2.45) is 5.73 Å². The molecule has 0 fully saturated rings. The Hall–Kier alpha value is -1.39. The molecule has 0 aliphatic carbocycles. The van der Waals surface area contributed by atoms with Crippen LogP contribution in [0.4, 0.5) is 0 Å². The number of benzene rings is 1. The number of ether oxygens (including phenoxy) is 1. The number of thiazole rings is 1. The molecular formula is C16H22N2OS. The molecule has 4 heteroatoms. The zero-order chi connectivity index (χ0) is 14.4. The Balaban J connectivity index is 1.86. The minimum atomic E-state index is 0.189. The van der Waals surface area contributed by atoms with E-state index in [2.05, 4.69) is 29.4 Å². The Morgan fingerprint density at radius 3 is 2.70 bits per heavy atom. The molecule has 1 aromatic carbocycles. The summed E-state index contributed by atoms with van der Waals surface area (Å²) < 4.78 is 5.76. The number of nitrogens with zero attached hydrogens (tertiary/aromatic N) is 1. The minimum absolute atomic E-state index is 0.189. The first-order chi connectivity index (χ1) is 9.67. The van der Waals surface area contributed by atoms with Crippen molar-refractivity contribution in [3.8, 4) is 5.75 Å². The van der Waals surface area contributed by atoms with Crippen molar-refractivity contribution in [3.05, 3.63) is 45.9 Å². The lowest BCUT2D eigenvalue weighted by Gasteiger charge is -2.07. The molecule has 0 bridgehead atoms. The summed E-state index contributed by atoms with van der Waals surface area (Å²) in [5.74, 6) is 0.878. The van der Waals surface area contributed by atoms with E-state index in [9.17, 15) is 0 Å². The number of aromatic nitrogens is 1. The topological polar surface area (TPSA) is 48.1 Å². The van der Waals surface area contributed by atoms with Crippen LogP contribution in [0.1, 0.15) is 36.5 Å². The molecule has 2 rings (SSSR count). The van der Waals surface area contributed by atoms with Crippen molar-refractivity contribution in [3.63, 3.8) is 0 Å². The Labute approximate surface area is 124 Å². The highest BCUT2D eigenvalue weighted by Crippen LogP contribution is 2.17. The molecule has 0 amide bonds. The first-order valence-electron chi connectivity index (χ1n) is 7.08. The average Bonchev–Trinajstić information content (AvgIpc) is 2.86. The second-order valence-electron chi connectivity index (χ2n) is 5.10. The van der Waals surface area contributed by atoms with Crippen LogP contribution >= 0.6 is 11.3 Å². The van der Waals surface area contributed by atoms with Gasteiger partial charge in [-0.05, 0) is 43.9 Å². The molecule has 3 nitrogen and oxygen atoms in total. The van der Waals surface area contributed by atoms with E-state index in [4.69, 9.17) is 10.5 Å². The van der Waals surface area contributed by atoms with E-state index >= 15 is 0 Å². The highest BCUT2D eigenvalue weighted by molar-refractivity contribution is 7.09. The lowest BCUT2D eigenvalue weighted by molar-refractivity contribution is 0.302. The third-order valence-corrected chi connectivity index (χ3v) is 3.89. The van der Waals surface area contributed by atoms with E-state index in [0.29, 0.717) is 6.61 Å². The van der Waals surface area contributed by atoms with Crippen LogP contribution in [0.15, 0.2) is 29.6 Å². The van der Waals surface area contributed by atoms with Gasteiger partial charge in [0.25, 0.3) is 0 Å². The standard InChI is InChI=1S/C16H22N2OS/c1-3-4-16-18-14(11-20-16)10-19-15-7-5-13(6-8-15)9-12(2)17/h5-8,11-12H,3-4,9-10,17H2,1-2H3. The van der Waals surface area contributed by atoms with Crippen molar-refractivity contribution in [2.75, 3.05) is 0 Å². The van der Waals surface area contributed by atoms with Crippen LogP contribution < -0.4 is 10.5 Å². The van der Waals surface area contributed by atoms with Gasteiger partial charge in [-0.3, -0.25) is 0 Å². The molecule has 2 N–H and O–H groups in total.